The summed E-state index contributed by atoms with van der Waals surface area (Å²) in [7, 11) is 0. The Morgan fingerprint density at radius 1 is 1.19 bits per heavy atom. The first kappa shape index (κ1) is 13.0. The van der Waals surface area contributed by atoms with Crippen LogP contribution in [0, 0.1) is 17.8 Å². The normalized spacial score (nSPS) is 30.1. The number of hydrogen-bond donors (Lipinski definition) is 1. The zero-order chi connectivity index (χ0) is 14.4. The van der Waals surface area contributed by atoms with Crippen LogP contribution in [0.4, 0.5) is 0 Å². The van der Waals surface area contributed by atoms with Crippen molar-refractivity contribution in [1.29, 1.82) is 0 Å². The van der Waals surface area contributed by atoms with Gasteiger partial charge in [-0.2, -0.15) is 0 Å². The topological polar surface area (TPSA) is 42.2 Å². The summed E-state index contributed by atoms with van der Waals surface area (Å²) in [5, 5.41) is 12.3. The predicted molar refractivity (Wildman–Crippen MR) is 82.8 cm³/mol. The van der Waals surface area contributed by atoms with Crippen molar-refractivity contribution in [3.05, 3.63) is 42.4 Å². The zero-order valence-electron chi connectivity index (χ0n) is 12.6. The average molecular weight is 282 g/mol. The summed E-state index contributed by atoms with van der Waals surface area (Å²) in [4.78, 5) is 0. The summed E-state index contributed by atoms with van der Waals surface area (Å²) in [6.07, 6.45) is 9.56. The summed E-state index contributed by atoms with van der Waals surface area (Å²) in [6, 6.07) is 6.73. The molecule has 2 bridgehead atoms. The third kappa shape index (κ3) is 2.18. The van der Waals surface area contributed by atoms with E-state index in [0.29, 0.717) is 6.04 Å². The Labute approximate surface area is 125 Å². The lowest BCUT2D eigenvalue weighted by Gasteiger charge is -2.28. The first-order valence-electron chi connectivity index (χ1n) is 7.96. The molecule has 0 amide bonds. The lowest BCUT2D eigenvalue weighted by molar-refractivity contribution is 0.303. The molecule has 0 saturated heterocycles. The second-order valence-electron chi connectivity index (χ2n) is 6.61. The molecule has 2 aliphatic carbocycles. The smallest absolute Gasteiger partial charge is 0.160 e. The number of nitrogens with zero attached hydrogens (tertiary/aromatic N) is 3. The molecule has 110 valence electrons. The van der Waals surface area contributed by atoms with Crippen LogP contribution in [0.3, 0.4) is 0 Å². The Hall–Kier alpha value is -1.68. The first-order valence-corrected chi connectivity index (χ1v) is 7.96. The van der Waals surface area contributed by atoms with Gasteiger partial charge in [0.25, 0.3) is 0 Å². The maximum absolute atomic E-state index is 4.36. The van der Waals surface area contributed by atoms with Crippen molar-refractivity contribution in [2.75, 3.05) is 0 Å². The van der Waals surface area contributed by atoms with E-state index in [2.05, 4.69) is 45.9 Å². The fourth-order valence-electron chi connectivity index (χ4n) is 4.15. The number of aromatic nitrogens is 3. The van der Waals surface area contributed by atoms with E-state index in [1.165, 1.54) is 12.8 Å². The van der Waals surface area contributed by atoms with Crippen molar-refractivity contribution in [3.8, 4) is 0 Å². The predicted octanol–water partition coefficient (Wildman–Crippen LogP) is 2.98. The van der Waals surface area contributed by atoms with Crippen molar-refractivity contribution in [2.45, 2.75) is 38.8 Å². The average Bonchev–Trinajstić information content (AvgIpc) is 3.21. The minimum absolute atomic E-state index is 0.209. The SMILES string of the molecule is CC(NC(C)C1CC2C=CC1C2)c1nnc2ccccn12. The van der Waals surface area contributed by atoms with E-state index in [1.54, 1.807) is 0 Å². The van der Waals surface area contributed by atoms with E-state index in [4.69, 9.17) is 0 Å². The molecule has 2 aromatic heterocycles. The minimum Gasteiger partial charge on any atom is -0.305 e. The molecule has 1 saturated carbocycles. The van der Waals surface area contributed by atoms with Gasteiger partial charge in [0, 0.05) is 12.2 Å². The molecule has 4 nitrogen and oxygen atoms in total. The van der Waals surface area contributed by atoms with E-state index in [-0.39, 0.29) is 6.04 Å². The van der Waals surface area contributed by atoms with Crippen molar-refractivity contribution in [3.63, 3.8) is 0 Å². The molecule has 5 atom stereocenters. The highest BCUT2D eigenvalue weighted by Gasteiger charge is 2.38. The van der Waals surface area contributed by atoms with Crippen LogP contribution in [0.2, 0.25) is 0 Å². The second-order valence-corrected chi connectivity index (χ2v) is 6.61. The molecular weight excluding hydrogens is 260 g/mol. The standard InChI is InChI=1S/C17H22N4/c1-11(15-10-13-6-7-14(15)9-13)18-12(2)17-20-19-16-5-3-4-8-21(16)17/h3-8,11-15,18H,9-10H2,1-2H3. The van der Waals surface area contributed by atoms with Crippen LogP contribution in [0.5, 0.6) is 0 Å². The van der Waals surface area contributed by atoms with Gasteiger partial charge in [-0.1, -0.05) is 18.2 Å². The van der Waals surface area contributed by atoms with Gasteiger partial charge in [0.1, 0.15) is 0 Å². The van der Waals surface area contributed by atoms with Gasteiger partial charge in [0.05, 0.1) is 6.04 Å². The number of nitrogens with one attached hydrogen (secondary N) is 1. The van der Waals surface area contributed by atoms with Crippen LogP contribution in [0.1, 0.15) is 38.6 Å². The van der Waals surface area contributed by atoms with Crippen molar-refractivity contribution in [1.82, 2.24) is 19.9 Å². The molecule has 0 radical (unpaired) electrons. The largest absolute Gasteiger partial charge is 0.305 e. The molecule has 0 spiro atoms. The van der Waals surface area contributed by atoms with Gasteiger partial charge >= 0.3 is 0 Å². The summed E-state index contributed by atoms with van der Waals surface area (Å²) in [5.74, 6) is 3.37. The van der Waals surface area contributed by atoms with E-state index in [1.807, 2.05) is 24.4 Å². The first-order chi connectivity index (χ1) is 10.2. The highest BCUT2D eigenvalue weighted by atomic mass is 15.3. The van der Waals surface area contributed by atoms with Crippen LogP contribution >= 0.6 is 0 Å². The van der Waals surface area contributed by atoms with Crippen LogP contribution in [-0.4, -0.2) is 20.6 Å². The van der Waals surface area contributed by atoms with E-state index in [9.17, 15) is 0 Å². The molecule has 0 aliphatic heterocycles. The lowest BCUT2D eigenvalue weighted by Crippen LogP contribution is -2.37. The maximum atomic E-state index is 4.36. The molecule has 1 N–H and O–H groups in total. The van der Waals surface area contributed by atoms with Gasteiger partial charge in [-0.15, -0.1) is 10.2 Å². The molecule has 2 aromatic rings. The summed E-state index contributed by atoms with van der Waals surface area (Å²) < 4.78 is 2.07. The lowest BCUT2D eigenvalue weighted by atomic mass is 9.87. The highest BCUT2D eigenvalue weighted by Crippen LogP contribution is 2.45. The van der Waals surface area contributed by atoms with Crippen LogP contribution < -0.4 is 5.32 Å². The Bertz CT molecular complexity index is 674. The van der Waals surface area contributed by atoms with Gasteiger partial charge in [-0.3, -0.25) is 4.40 Å². The van der Waals surface area contributed by atoms with Crippen molar-refractivity contribution < 1.29 is 0 Å². The Morgan fingerprint density at radius 3 is 2.86 bits per heavy atom. The highest BCUT2D eigenvalue weighted by molar-refractivity contribution is 5.37. The summed E-state index contributed by atoms with van der Waals surface area (Å²) >= 11 is 0. The Kier molecular flexibility index (Phi) is 3.07. The Morgan fingerprint density at radius 2 is 2.10 bits per heavy atom. The van der Waals surface area contributed by atoms with Gasteiger partial charge in [0.15, 0.2) is 11.5 Å². The molecule has 21 heavy (non-hydrogen) atoms. The molecule has 4 rings (SSSR count). The number of rotatable bonds is 4. The van der Waals surface area contributed by atoms with E-state index >= 15 is 0 Å². The zero-order valence-corrected chi connectivity index (χ0v) is 12.6. The van der Waals surface area contributed by atoms with Crippen molar-refractivity contribution in [2.24, 2.45) is 17.8 Å². The van der Waals surface area contributed by atoms with Crippen LogP contribution in [0.15, 0.2) is 36.5 Å². The number of pyridine rings is 1. The molecule has 1 fully saturated rings. The van der Waals surface area contributed by atoms with Gasteiger partial charge in [-0.25, -0.2) is 0 Å². The third-order valence-corrected chi connectivity index (χ3v) is 5.21. The number of hydrogen-bond acceptors (Lipinski definition) is 3. The molecule has 2 heterocycles. The number of allylic oxidation sites excluding steroid dienone is 2. The van der Waals surface area contributed by atoms with Crippen LogP contribution in [0.25, 0.3) is 5.65 Å². The van der Waals surface area contributed by atoms with Crippen LogP contribution in [-0.2, 0) is 0 Å². The van der Waals surface area contributed by atoms with Gasteiger partial charge in [-0.05, 0) is 56.6 Å². The van der Waals surface area contributed by atoms with Gasteiger partial charge < -0.3 is 5.32 Å². The summed E-state index contributed by atoms with van der Waals surface area (Å²) in [5.41, 5.74) is 0.914. The maximum Gasteiger partial charge on any atom is 0.160 e. The fraction of sp³-hybridized carbons (Fsp3) is 0.529. The van der Waals surface area contributed by atoms with Gasteiger partial charge in [0.2, 0.25) is 0 Å². The molecule has 5 unspecified atom stereocenters. The molecule has 0 aromatic carbocycles. The number of fused-ring (bicyclic) bond motifs is 3. The fourth-order valence-corrected chi connectivity index (χ4v) is 4.15. The Balaban J connectivity index is 1.50. The van der Waals surface area contributed by atoms with E-state index < -0.39 is 0 Å². The monoisotopic (exact) mass is 282 g/mol. The minimum atomic E-state index is 0.209. The molecule has 2 aliphatic rings. The second kappa shape index (κ2) is 4.95. The third-order valence-electron chi connectivity index (χ3n) is 5.21. The molecule has 4 heteroatoms. The summed E-state index contributed by atoms with van der Waals surface area (Å²) in [6.45, 7) is 4.50. The van der Waals surface area contributed by atoms with Crippen molar-refractivity contribution >= 4 is 5.65 Å². The quantitative estimate of drug-likeness (QED) is 0.877. The van der Waals surface area contributed by atoms with E-state index in [0.717, 1.165) is 29.2 Å². The molecular formula is C17H22N4.